The van der Waals surface area contributed by atoms with Gasteiger partial charge in [-0.15, -0.1) is 0 Å². The summed E-state index contributed by atoms with van der Waals surface area (Å²) in [4.78, 5) is 10.9. The fourth-order valence-electron chi connectivity index (χ4n) is 0.768. The molecule has 0 aliphatic heterocycles. The molecule has 0 bridgehead atoms. The summed E-state index contributed by atoms with van der Waals surface area (Å²) in [5, 5.41) is 0. The Morgan fingerprint density at radius 1 is 1.27 bits per heavy atom. The standard InChI is InChI=1S/C8H9NO4S.Li.H/c1-14(11,12)9-8(10)13-7-5-3-2-4-6-7;;/h2-6H,1H3,(H,9,10);;. The molecule has 0 aliphatic rings. The van der Waals surface area contributed by atoms with Gasteiger partial charge in [0.15, 0.2) is 0 Å². The van der Waals surface area contributed by atoms with E-state index in [1.54, 1.807) is 35.1 Å². The second-order valence-corrected chi connectivity index (χ2v) is 4.33. The Morgan fingerprint density at radius 2 is 1.80 bits per heavy atom. The van der Waals surface area contributed by atoms with Crippen LogP contribution in [-0.2, 0) is 10.0 Å². The van der Waals surface area contributed by atoms with E-state index in [2.05, 4.69) is 4.74 Å². The fourth-order valence-corrected chi connectivity index (χ4v) is 1.11. The molecule has 1 aromatic carbocycles. The topological polar surface area (TPSA) is 72.5 Å². The van der Waals surface area contributed by atoms with Crippen LogP contribution in [-0.4, -0.2) is 39.6 Å². The molecule has 0 saturated heterocycles. The van der Waals surface area contributed by atoms with Crippen LogP contribution in [0.15, 0.2) is 30.3 Å². The average molecular weight is 223 g/mol. The zero-order valence-corrected chi connectivity index (χ0v) is 8.24. The van der Waals surface area contributed by atoms with Crippen LogP contribution in [0.4, 0.5) is 4.79 Å². The normalized spacial score (nSPS) is 9.93. The predicted octanol–water partition coefficient (Wildman–Crippen LogP) is 0.0861. The maximum atomic E-state index is 10.9. The number of hydrogen-bond donors (Lipinski definition) is 1. The van der Waals surface area contributed by atoms with Crippen LogP contribution in [0.25, 0.3) is 0 Å². The first kappa shape index (κ1) is 14.0. The second kappa shape index (κ2) is 5.81. The van der Waals surface area contributed by atoms with E-state index in [1.807, 2.05) is 0 Å². The summed E-state index contributed by atoms with van der Waals surface area (Å²) in [6.07, 6.45) is -0.141. The van der Waals surface area contributed by atoms with E-state index in [1.165, 1.54) is 0 Å². The Morgan fingerprint density at radius 3 is 2.27 bits per heavy atom. The molecule has 0 radical (unpaired) electrons. The van der Waals surface area contributed by atoms with Crippen LogP contribution < -0.4 is 9.46 Å². The molecule has 0 unspecified atom stereocenters. The molecule has 78 valence electrons. The van der Waals surface area contributed by atoms with Gasteiger partial charge in [0.05, 0.1) is 6.26 Å². The molecule has 5 nitrogen and oxygen atoms in total. The molecule has 0 aliphatic carbocycles. The fraction of sp³-hybridized carbons (Fsp3) is 0.125. The minimum atomic E-state index is -3.57. The third-order valence-corrected chi connectivity index (χ3v) is 1.76. The Bertz CT molecular complexity index is 418. The molecule has 0 fully saturated rings. The average Bonchev–Trinajstić information content (AvgIpc) is 2.02. The van der Waals surface area contributed by atoms with E-state index >= 15 is 0 Å². The van der Waals surface area contributed by atoms with Crippen molar-refractivity contribution in [1.29, 1.82) is 0 Å². The van der Waals surface area contributed by atoms with Crippen LogP contribution in [0.2, 0.25) is 0 Å². The van der Waals surface area contributed by atoms with Gasteiger partial charge in [-0.25, -0.2) is 17.9 Å². The number of sulfonamides is 1. The van der Waals surface area contributed by atoms with Crippen LogP contribution in [0.5, 0.6) is 5.75 Å². The number of para-hydroxylation sites is 1. The first-order chi connectivity index (χ1) is 6.47. The van der Waals surface area contributed by atoms with Gasteiger partial charge in [0, 0.05) is 0 Å². The van der Waals surface area contributed by atoms with Gasteiger partial charge in [0.25, 0.3) is 0 Å². The summed E-state index contributed by atoms with van der Waals surface area (Å²) >= 11 is 0. The molecule has 1 rings (SSSR count). The molecule has 1 aromatic rings. The Labute approximate surface area is 100 Å². The van der Waals surface area contributed by atoms with Crippen LogP contribution in [0.1, 0.15) is 0 Å². The summed E-state index contributed by atoms with van der Waals surface area (Å²) in [6, 6.07) is 8.18. The number of carbonyl (C=O) groups excluding carboxylic acids is 1. The van der Waals surface area contributed by atoms with Crippen LogP contribution in [0.3, 0.4) is 0 Å². The molecule has 0 saturated carbocycles. The van der Waals surface area contributed by atoms with E-state index in [4.69, 9.17) is 0 Å². The van der Waals surface area contributed by atoms with Gasteiger partial charge < -0.3 is 4.74 Å². The van der Waals surface area contributed by atoms with Gasteiger partial charge >= 0.3 is 25.0 Å². The van der Waals surface area contributed by atoms with Crippen molar-refractivity contribution < 1.29 is 17.9 Å². The summed E-state index contributed by atoms with van der Waals surface area (Å²) in [5.41, 5.74) is 0. The molecular formula is C8H10LiNO4S. The van der Waals surface area contributed by atoms with Crippen LogP contribution >= 0.6 is 0 Å². The Balaban J connectivity index is 0.00000196. The summed E-state index contributed by atoms with van der Waals surface area (Å²) in [5.74, 6) is 0.286. The van der Waals surface area contributed by atoms with E-state index in [9.17, 15) is 13.2 Å². The number of carbonyl (C=O) groups is 1. The monoisotopic (exact) mass is 223 g/mol. The molecular weight excluding hydrogens is 213 g/mol. The second-order valence-electron chi connectivity index (χ2n) is 2.58. The van der Waals surface area contributed by atoms with E-state index in [0.717, 1.165) is 6.26 Å². The summed E-state index contributed by atoms with van der Waals surface area (Å²) < 4.78 is 27.6. The molecule has 0 heterocycles. The summed E-state index contributed by atoms with van der Waals surface area (Å²) in [7, 11) is -3.57. The number of amides is 1. The van der Waals surface area contributed by atoms with Crippen LogP contribution in [0, 0.1) is 0 Å². The first-order valence-corrected chi connectivity index (χ1v) is 5.61. The zero-order valence-electron chi connectivity index (χ0n) is 7.43. The number of rotatable bonds is 2. The van der Waals surface area contributed by atoms with Gasteiger partial charge in [-0.1, -0.05) is 18.2 Å². The Kier molecular flexibility index (Phi) is 5.43. The van der Waals surface area contributed by atoms with Crippen molar-refractivity contribution in [3.63, 3.8) is 0 Å². The first-order valence-electron chi connectivity index (χ1n) is 3.72. The van der Waals surface area contributed by atoms with Crippen molar-refractivity contribution in [2.75, 3.05) is 6.26 Å². The van der Waals surface area contributed by atoms with Crippen molar-refractivity contribution in [3.05, 3.63) is 30.3 Å². The number of nitrogens with one attached hydrogen (secondary N) is 1. The maximum absolute atomic E-state index is 10.9. The molecule has 0 atom stereocenters. The van der Waals surface area contributed by atoms with E-state index < -0.39 is 16.1 Å². The molecule has 1 N–H and O–H groups in total. The number of benzene rings is 1. The third-order valence-electron chi connectivity index (χ3n) is 1.22. The summed E-state index contributed by atoms with van der Waals surface area (Å²) in [6.45, 7) is 0. The third kappa shape index (κ3) is 6.18. The van der Waals surface area contributed by atoms with Crippen molar-refractivity contribution in [1.82, 2.24) is 4.72 Å². The zero-order chi connectivity index (χ0) is 10.6. The van der Waals surface area contributed by atoms with Crippen molar-refractivity contribution in [2.45, 2.75) is 0 Å². The number of hydrogen-bond acceptors (Lipinski definition) is 4. The van der Waals surface area contributed by atoms with Gasteiger partial charge in [0.2, 0.25) is 10.0 Å². The van der Waals surface area contributed by atoms with Crippen molar-refractivity contribution in [2.24, 2.45) is 0 Å². The minimum absolute atomic E-state index is 0. The van der Waals surface area contributed by atoms with Gasteiger partial charge in [-0.3, -0.25) is 0 Å². The van der Waals surface area contributed by atoms with E-state index in [-0.39, 0.29) is 24.6 Å². The predicted molar refractivity (Wildman–Crippen MR) is 57.6 cm³/mol. The molecule has 7 heteroatoms. The van der Waals surface area contributed by atoms with Gasteiger partial charge in [0.1, 0.15) is 5.75 Å². The molecule has 1 amide bonds. The van der Waals surface area contributed by atoms with Crippen molar-refractivity contribution in [3.8, 4) is 5.75 Å². The number of ether oxygens (including phenoxy) is 1. The van der Waals surface area contributed by atoms with Gasteiger partial charge in [-0.05, 0) is 12.1 Å². The van der Waals surface area contributed by atoms with E-state index in [0.29, 0.717) is 0 Å². The molecule has 0 spiro atoms. The Hall–Kier alpha value is -0.963. The SMILES string of the molecule is CS(=O)(=O)NC(=O)Oc1ccccc1.[LiH]. The quantitative estimate of drug-likeness (QED) is 0.721. The molecule has 0 aromatic heterocycles. The molecule has 15 heavy (non-hydrogen) atoms. The van der Waals surface area contributed by atoms with Crippen molar-refractivity contribution >= 4 is 35.0 Å². The van der Waals surface area contributed by atoms with Gasteiger partial charge in [-0.2, -0.15) is 0 Å².